The fraction of sp³-hybridized carbons (Fsp3) is 0.290. The minimum atomic E-state index is -5.96. The highest BCUT2D eigenvalue weighted by molar-refractivity contribution is 14.1. The lowest BCUT2D eigenvalue weighted by Crippen LogP contribution is -2.60. The molecule has 10 aromatic carbocycles. The third-order valence-corrected chi connectivity index (χ3v) is 44.9. The van der Waals surface area contributed by atoms with Gasteiger partial charge in [0.05, 0.1) is 119 Å². The molecule has 0 saturated heterocycles. The maximum absolute atomic E-state index is 13.6. The van der Waals surface area contributed by atoms with Gasteiger partial charge in [-0.05, 0) is 534 Å². The fourth-order valence-electron chi connectivity index (χ4n) is 17.1. The molecule has 804 valence electrons. The van der Waals surface area contributed by atoms with Crippen LogP contribution in [0.25, 0.3) is 21.5 Å². The van der Waals surface area contributed by atoms with Crippen molar-refractivity contribution in [2.45, 2.75) is 74.7 Å². The summed E-state index contributed by atoms with van der Waals surface area (Å²) in [6.07, 6.45) is 4.61. The van der Waals surface area contributed by atoms with Crippen molar-refractivity contribution >= 4 is 471 Å². The Hall–Kier alpha value is -2.22. The second kappa shape index (κ2) is 55.2. The molecule has 0 N–H and O–H groups in total. The molecule has 6 bridgehead atoms. The van der Waals surface area contributed by atoms with Crippen molar-refractivity contribution in [3.8, 4) is 17.2 Å². The molecule has 0 aromatic heterocycles. The van der Waals surface area contributed by atoms with Gasteiger partial charge in [0.25, 0.3) is 0 Å². The predicted octanol–water partition coefficient (Wildman–Crippen LogP) is 20.4. The van der Waals surface area contributed by atoms with E-state index in [0.717, 1.165) is 66.4 Å². The Labute approximate surface area is 1060 Å². The molecule has 6 atom stereocenters. The Morgan fingerprint density at radius 1 is 0.347 bits per heavy atom. The number of halogens is 17. The maximum Gasteiger partial charge on any atom is 0.367 e. The monoisotopic (exact) mass is 3850 g/mol. The van der Waals surface area contributed by atoms with E-state index in [9.17, 15) is 122 Å². The largest absolute Gasteiger partial charge is 0.748 e. The van der Waals surface area contributed by atoms with Crippen LogP contribution in [0.2, 0.25) is 0 Å². The molecular formula is C93H68F2I15O35S5-5. The molecule has 0 spiro atoms. The molecule has 0 amide bonds. The van der Waals surface area contributed by atoms with Crippen molar-refractivity contribution in [3.63, 3.8) is 0 Å². The van der Waals surface area contributed by atoms with Crippen LogP contribution in [0.15, 0.2) is 158 Å². The van der Waals surface area contributed by atoms with E-state index in [2.05, 4.69) is 339 Å². The molecule has 6 unspecified atom stereocenters. The summed E-state index contributed by atoms with van der Waals surface area (Å²) in [6.45, 7) is -3.84. The summed E-state index contributed by atoms with van der Waals surface area (Å²) < 4.78 is 253. The average Bonchev–Trinajstić information content (AvgIpc) is 1.18. The SMILES string of the molecule is O=C(OC12CC3CC(C1)CC(C(=O)OCC(F)(F)S(=O)(=O)[O-])(C3)C2)c1cc(I)cc(I)c1I.O=C(OC1CC2CC1CC2C(=O)OCCS(=O)(=O)[O-])c1cc(I)cc(I)c1I.O=C(OCCS(=O)(=O)[O-])c1ccc(OC(=O)c2cc(I)cc(I)c2I)cc1.O=C(Oc1ccc(C(=O)OCCS(=O)(=O)[O-])c2ccccc12)c1cc(I)cc(I)c1I.O=C(Oc1cccc2c(C(=O)OCCS(=O)(=O)[O-])cccc12)c1cc(I)cc(I)c1I. The lowest BCUT2D eigenvalue weighted by molar-refractivity contribution is -0.200. The van der Waals surface area contributed by atoms with Crippen molar-refractivity contribution in [2.75, 3.05) is 56.0 Å². The molecule has 10 aromatic rings. The summed E-state index contributed by atoms with van der Waals surface area (Å²) in [5, 5.41) is -2.74. The molecule has 57 heteroatoms. The van der Waals surface area contributed by atoms with Crippen LogP contribution < -0.4 is 14.2 Å². The first-order chi connectivity index (χ1) is 69.9. The number of hydrogen-bond acceptors (Lipinski definition) is 35. The Morgan fingerprint density at radius 3 is 1.13 bits per heavy atom. The Bertz CT molecular complexity index is 7460. The van der Waals surface area contributed by atoms with E-state index in [4.69, 9.17) is 47.4 Å². The number of hydrogen-bond donors (Lipinski definition) is 0. The predicted molar refractivity (Wildman–Crippen MR) is 657 cm³/mol. The van der Waals surface area contributed by atoms with Gasteiger partial charge in [-0.2, -0.15) is 8.78 Å². The fourth-order valence-corrected chi connectivity index (χ4v) is 30.3. The van der Waals surface area contributed by atoms with Crippen molar-refractivity contribution < 1.29 is 169 Å². The lowest BCUT2D eigenvalue weighted by Gasteiger charge is -2.59. The summed E-state index contributed by atoms with van der Waals surface area (Å²) in [4.78, 5) is 125. The van der Waals surface area contributed by atoms with Crippen LogP contribution in [0.4, 0.5) is 8.78 Å². The molecule has 150 heavy (non-hydrogen) atoms. The minimum Gasteiger partial charge on any atom is -0.748 e. The van der Waals surface area contributed by atoms with E-state index in [1.54, 1.807) is 78.9 Å². The number of ether oxygens (including phenoxy) is 10. The van der Waals surface area contributed by atoms with E-state index < -0.39 is 177 Å². The van der Waals surface area contributed by atoms with E-state index in [0.29, 0.717) is 87.9 Å². The van der Waals surface area contributed by atoms with Crippen LogP contribution in [0.5, 0.6) is 17.2 Å². The van der Waals surface area contributed by atoms with E-state index in [1.807, 2.05) is 36.4 Å². The molecule has 16 rings (SSSR count). The third kappa shape index (κ3) is 35.9. The summed E-state index contributed by atoms with van der Waals surface area (Å²) >= 11 is 31.9. The van der Waals surface area contributed by atoms with Gasteiger partial charge < -0.3 is 70.1 Å². The van der Waals surface area contributed by atoms with Gasteiger partial charge in [-0.3, -0.25) is 9.59 Å². The number of carbonyl (C=O) groups is 10. The number of esters is 10. The van der Waals surface area contributed by atoms with Gasteiger partial charge in [0.1, 0.15) is 55.4 Å². The normalized spacial score (nSPS) is 18.4. The van der Waals surface area contributed by atoms with Gasteiger partial charge in [-0.15, -0.1) is 0 Å². The topological polar surface area (TPSA) is 549 Å². The van der Waals surface area contributed by atoms with Crippen LogP contribution in [0.3, 0.4) is 0 Å². The Kier molecular flexibility index (Phi) is 47.0. The number of rotatable bonds is 30. The van der Waals surface area contributed by atoms with Crippen LogP contribution in [-0.2, 0) is 93.3 Å². The minimum absolute atomic E-state index is 0.0503. The number of benzene rings is 10. The zero-order chi connectivity index (χ0) is 111. The number of carbonyl (C=O) groups excluding carboxylic acids is 10. The van der Waals surface area contributed by atoms with Crippen molar-refractivity contribution in [1.82, 2.24) is 0 Å². The lowest BCUT2D eigenvalue weighted by atomic mass is 9.48. The van der Waals surface area contributed by atoms with Gasteiger partial charge in [-0.25, -0.2) is 80.4 Å². The maximum atomic E-state index is 13.6. The second-order valence-electron chi connectivity index (χ2n) is 33.6. The highest BCUT2D eigenvalue weighted by Crippen LogP contribution is 2.64. The van der Waals surface area contributed by atoms with Crippen LogP contribution in [-0.4, -0.2) is 198 Å². The average molecular weight is 3850 g/mol. The second-order valence-corrected chi connectivity index (χ2v) is 58.7. The summed E-state index contributed by atoms with van der Waals surface area (Å²) in [7, 11) is -23.8. The van der Waals surface area contributed by atoms with Gasteiger partial charge in [0.15, 0.2) is 16.7 Å². The molecule has 6 fully saturated rings. The smallest absolute Gasteiger partial charge is 0.367 e. The van der Waals surface area contributed by atoms with Gasteiger partial charge in [0.2, 0.25) is 0 Å². The van der Waals surface area contributed by atoms with E-state index in [1.165, 1.54) is 42.5 Å². The highest BCUT2D eigenvalue weighted by atomic mass is 127. The van der Waals surface area contributed by atoms with Crippen molar-refractivity contribution in [1.29, 1.82) is 0 Å². The van der Waals surface area contributed by atoms with Crippen molar-refractivity contribution in [2.24, 2.45) is 35.0 Å². The molecule has 35 nitrogen and oxygen atoms in total. The first-order valence-electron chi connectivity index (χ1n) is 42.8. The molecule has 0 heterocycles. The first-order valence-corrected chi connectivity index (χ1v) is 66.7. The molecule has 6 aliphatic carbocycles. The molecule has 0 aliphatic heterocycles. The summed E-state index contributed by atoms with van der Waals surface area (Å²) in [5.41, 5.74) is 0.698. The van der Waals surface area contributed by atoms with Gasteiger partial charge in [0, 0.05) is 70.7 Å². The number of alkyl halides is 2. The molecule has 6 saturated carbocycles. The quantitative estimate of drug-likeness (QED) is 0.0101. The van der Waals surface area contributed by atoms with E-state index in [-0.39, 0.29) is 82.0 Å². The Balaban J connectivity index is 0.000000178. The Morgan fingerprint density at radius 2 is 0.713 bits per heavy atom. The molecule has 6 aliphatic rings. The highest BCUT2D eigenvalue weighted by Gasteiger charge is 2.64. The summed E-state index contributed by atoms with van der Waals surface area (Å²) in [5.74, 6) is -8.59. The zero-order valence-electron chi connectivity index (χ0n) is 75.5. The van der Waals surface area contributed by atoms with Crippen LogP contribution in [0, 0.1) is 88.6 Å². The molecule has 0 radical (unpaired) electrons. The van der Waals surface area contributed by atoms with Crippen LogP contribution >= 0.6 is 339 Å². The summed E-state index contributed by atoms with van der Waals surface area (Å²) in [6, 6.07) is 43.5. The van der Waals surface area contributed by atoms with Gasteiger partial charge in [-0.1, -0.05) is 48.5 Å². The standard InChI is InChI=1S/C20H19F2I3O7S.2C20H13I3O7S.C17H17I3O7S.C16H11I3O7S/c21-20(22,33(28,29)30)9-31-17(27)18-4-10-1-11(5-18)7-19(6-10,8-18)32-16(26)13-2-12(23)3-14(24)15(13)25;21-11-9-15(18(23)16(22)10-11)20(25)30-17-6-2-3-12-13(17)4-1-5-14(12)19(24)29-7-8-31(26,27)28;21-11-9-15(18(23)16(22)10-11)20(25)30-17-6-5-14(12-3-1-2-4-13(12)17)19(24)29-7-8-31(26,27)28;18-10-6-12(15(20)13(19)7-10)17(22)27-14-5-8-3-9(14)4-11(8)16(21)26-1-2-28(23,24)25;17-10-7-12(14(19)13(18)8-10)16(21)26-11-3-1-9(2-4-11)15(20)25-5-6-27(22,23)24/h2-3,10-11H,1,4-9H2,(H,28,29,30);2*1-6,9-10H,7-8H2,(H,26,27,28);6-9,11,14H,1-5H2,(H,23,24,25);1-4,7-8H,5-6H2,(H,22,23,24)/p-5. The third-order valence-electron chi connectivity index (χ3n) is 23.1. The molecular weight excluding hydrogens is 3780 g/mol. The van der Waals surface area contributed by atoms with Crippen molar-refractivity contribution in [3.05, 3.63) is 256 Å². The van der Waals surface area contributed by atoms with Gasteiger partial charge >= 0.3 is 64.9 Å². The number of fused-ring (bicyclic) bond motifs is 4. The van der Waals surface area contributed by atoms with Crippen LogP contribution in [0.1, 0.15) is 141 Å². The zero-order valence-corrected chi connectivity index (χ0v) is 112. The van der Waals surface area contributed by atoms with E-state index >= 15 is 0 Å². The first kappa shape index (κ1) is 128.